The van der Waals surface area contributed by atoms with Gasteiger partial charge < -0.3 is 5.73 Å². The maximum atomic E-state index is 12.2. The zero-order valence-electron chi connectivity index (χ0n) is 11.0. The van der Waals surface area contributed by atoms with Crippen molar-refractivity contribution in [3.63, 3.8) is 0 Å². The Morgan fingerprint density at radius 1 is 1.30 bits per heavy atom. The fourth-order valence-corrected chi connectivity index (χ4v) is 3.03. The zero-order chi connectivity index (χ0) is 14.9. The van der Waals surface area contributed by atoms with E-state index in [1.54, 1.807) is 14.0 Å². The minimum absolute atomic E-state index is 0.110. The SMILES string of the molecule is Cc1nn(C)cc1S(=O)(=O)Nc1ccc(C(N)=O)cc1. The van der Waals surface area contributed by atoms with E-state index in [4.69, 9.17) is 5.73 Å². The first-order valence-electron chi connectivity index (χ1n) is 5.72. The molecule has 106 valence electrons. The van der Waals surface area contributed by atoms with Crippen LogP contribution in [-0.2, 0) is 17.1 Å². The molecule has 7 nitrogen and oxygen atoms in total. The number of primary amides is 1. The number of amides is 1. The number of nitrogens with two attached hydrogens (primary N) is 1. The predicted molar refractivity (Wildman–Crippen MR) is 73.7 cm³/mol. The van der Waals surface area contributed by atoms with Crippen LogP contribution in [0.3, 0.4) is 0 Å². The molecule has 1 aromatic heterocycles. The molecule has 1 heterocycles. The molecule has 1 amide bonds. The third kappa shape index (κ3) is 2.80. The lowest BCUT2D eigenvalue weighted by atomic mass is 10.2. The van der Waals surface area contributed by atoms with Crippen molar-refractivity contribution in [1.82, 2.24) is 9.78 Å². The maximum Gasteiger partial charge on any atom is 0.265 e. The fraction of sp³-hybridized carbons (Fsp3) is 0.167. The molecule has 0 saturated carbocycles. The summed E-state index contributed by atoms with van der Waals surface area (Å²) in [5.41, 5.74) is 6.18. The highest BCUT2D eigenvalue weighted by Gasteiger charge is 2.19. The van der Waals surface area contributed by atoms with E-state index in [1.807, 2.05) is 0 Å². The Morgan fingerprint density at radius 3 is 2.35 bits per heavy atom. The predicted octanol–water partition coefficient (Wildman–Crippen LogP) is 0.628. The molecular weight excluding hydrogens is 280 g/mol. The van der Waals surface area contributed by atoms with Crippen LogP contribution in [0, 0.1) is 6.92 Å². The van der Waals surface area contributed by atoms with Gasteiger partial charge >= 0.3 is 0 Å². The lowest BCUT2D eigenvalue weighted by molar-refractivity contribution is 0.100. The van der Waals surface area contributed by atoms with Crippen LogP contribution >= 0.6 is 0 Å². The van der Waals surface area contributed by atoms with Crippen LogP contribution in [0.5, 0.6) is 0 Å². The molecule has 8 heteroatoms. The van der Waals surface area contributed by atoms with Gasteiger partial charge in [-0.25, -0.2) is 8.42 Å². The molecule has 2 aromatic rings. The molecule has 3 N–H and O–H groups in total. The van der Waals surface area contributed by atoms with E-state index in [-0.39, 0.29) is 4.90 Å². The Bertz CT molecular complexity index is 748. The highest BCUT2D eigenvalue weighted by atomic mass is 32.2. The van der Waals surface area contributed by atoms with Gasteiger partial charge in [0.05, 0.1) is 5.69 Å². The first kappa shape index (κ1) is 14.1. The van der Waals surface area contributed by atoms with E-state index in [1.165, 1.54) is 35.1 Å². The molecule has 2 rings (SSSR count). The number of nitrogens with zero attached hydrogens (tertiary/aromatic N) is 2. The van der Waals surface area contributed by atoms with Crippen molar-refractivity contribution in [2.24, 2.45) is 12.8 Å². The van der Waals surface area contributed by atoms with Gasteiger partial charge in [0.25, 0.3) is 10.0 Å². The second kappa shape index (κ2) is 4.97. The standard InChI is InChI=1S/C12H14N4O3S/c1-8-11(7-16(2)14-8)20(18,19)15-10-5-3-9(4-6-10)12(13)17/h3-7,15H,1-2H3,(H2,13,17). The molecule has 0 spiro atoms. The number of carbonyl (C=O) groups excluding carboxylic acids is 1. The average Bonchev–Trinajstić information content (AvgIpc) is 2.69. The molecule has 0 radical (unpaired) electrons. The summed E-state index contributed by atoms with van der Waals surface area (Å²) in [6.07, 6.45) is 1.43. The number of sulfonamides is 1. The zero-order valence-corrected chi connectivity index (χ0v) is 11.8. The van der Waals surface area contributed by atoms with Crippen molar-refractivity contribution in [2.75, 3.05) is 4.72 Å². The highest BCUT2D eigenvalue weighted by Crippen LogP contribution is 2.18. The van der Waals surface area contributed by atoms with Gasteiger partial charge in [0.1, 0.15) is 4.90 Å². The van der Waals surface area contributed by atoms with Crippen LogP contribution in [0.25, 0.3) is 0 Å². The van der Waals surface area contributed by atoms with E-state index >= 15 is 0 Å². The molecule has 0 aliphatic carbocycles. The summed E-state index contributed by atoms with van der Waals surface area (Å²) in [5, 5.41) is 3.99. The largest absolute Gasteiger partial charge is 0.366 e. The fourth-order valence-electron chi connectivity index (χ4n) is 1.75. The number of aromatic nitrogens is 2. The summed E-state index contributed by atoms with van der Waals surface area (Å²) < 4.78 is 28.2. The highest BCUT2D eigenvalue weighted by molar-refractivity contribution is 7.92. The number of nitrogens with one attached hydrogen (secondary N) is 1. The number of hydrogen-bond donors (Lipinski definition) is 2. The van der Waals surface area contributed by atoms with Gasteiger partial charge in [-0.15, -0.1) is 0 Å². The van der Waals surface area contributed by atoms with Crippen LogP contribution < -0.4 is 10.5 Å². The van der Waals surface area contributed by atoms with Gasteiger partial charge in [-0.1, -0.05) is 0 Å². The van der Waals surface area contributed by atoms with Crippen molar-refractivity contribution in [3.8, 4) is 0 Å². The second-order valence-electron chi connectivity index (χ2n) is 4.30. The Kier molecular flexibility index (Phi) is 3.49. The van der Waals surface area contributed by atoms with Crippen LogP contribution in [-0.4, -0.2) is 24.1 Å². The number of carbonyl (C=O) groups is 1. The monoisotopic (exact) mass is 294 g/mol. The minimum atomic E-state index is -3.71. The molecule has 0 aliphatic heterocycles. The van der Waals surface area contributed by atoms with E-state index in [9.17, 15) is 13.2 Å². The number of rotatable bonds is 4. The summed E-state index contributed by atoms with van der Waals surface area (Å²) in [6, 6.07) is 5.86. The summed E-state index contributed by atoms with van der Waals surface area (Å²) in [4.78, 5) is 11.0. The second-order valence-corrected chi connectivity index (χ2v) is 5.95. The number of hydrogen-bond acceptors (Lipinski definition) is 4. The van der Waals surface area contributed by atoms with Gasteiger partial charge in [0, 0.05) is 24.5 Å². The van der Waals surface area contributed by atoms with Gasteiger partial charge in [-0.05, 0) is 31.2 Å². The maximum absolute atomic E-state index is 12.2. The van der Waals surface area contributed by atoms with Crippen LogP contribution in [0.2, 0.25) is 0 Å². The van der Waals surface area contributed by atoms with Gasteiger partial charge in [0.15, 0.2) is 0 Å². The van der Waals surface area contributed by atoms with Crippen molar-refractivity contribution < 1.29 is 13.2 Å². The average molecular weight is 294 g/mol. The molecule has 0 aliphatic rings. The van der Waals surface area contributed by atoms with Crippen LogP contribution in [0.4, 0.5) is 5.69 Å². The summed E-state index contributed by atoms with van der Waals surface area (Å²) in [6.45, 7) is 1.62. The van der Waals surface area contributed by atoms with E-state index in [0.29, 0.717) is 16.9 Å². The third-order valence-corrected chi connectivity index (χ3v) is 4.16. The van der Waals surface area contributed by atoms with Crippen LogP contribution in [0.1, 0.15) is 16.1 Å². The lowest BCUT2D eigenvalue weighted by Gasteiger charge is -2.07. The summed E-state index contributed by atoms with van der Waals surface area (Å²) in [5.74, 6) is -0.567. The molecular formula is C12H14N4O3S. The number of benzene rings is 1. The molecule has 0 atom stereocenters. The topological polar surface area (TPSA) is 107 Å². The molecule has 0 bridgehead atoms. The first-order valence-corrected chi connectivity index (χ1v) is 7.21. The normalized spacial score (nSPS) is 11.3. The Labute approximate surface area is 116 Å². The molecule has 0 unspecified atom stereocenters. The van der Waals surface area contributed by atoms with E-state index in [2.05, 4.69) is 9.82 Å². The lowest BCUT2D eigenvalue weighted by Crippen LogP contribution is -2.14. The number of anilines is 1. The smallest absolute Gasteiger partial charge is 0.265 e. The number of aryl methyl sites for hydroxylation is 2. The summed E-state index contributed by atoms with van der Waals surface area (Å²) in [7, 11) is -2.06. The Hall–Kier alpha value is -2.35. The van der Waals surface area contributed by atoms with Gasteiger partial charge in [0.2, 0.25) is 5.91 Å². The van der Waals surface area contributed by atoms with Gasteiger partial charge in [-0.2, -0.15) is 5.10 Å². The molecule has 1 aromatic carbocycles. The first-order chi connectivity index (χ1) is 9.29. The van der Waals surface area contributed by atoms with Crippen LogP contribution in [0.15, 0.2) is 35.4 Å². The van der Waals surface area contributed by atoms with Crippen molar-refractivity contribution in [3.05, 3.63) is 41.7 Å². The van der Waals surface area contributed by atoms with E-state index in [0.717, 1.165) is 0 Å². The van der Waals surface area contributed by atoms with Crippen molar-refractivity contribution in [2.45, 2.75) is 11.8 Å². The third-order valence-electron chi connectivity index (χ3n) is 2.68. The van der Waals surface area contributed by atoms with Crippen molar-refractivity contribution in [1.29, 1.82) is 0 Å². The Balaban J connectivity index is 2.28. The summed E-state index contributed by atoms with van der Waals surface area (Å²) >= 11 is 0. The Morgan fingerprint density at radius 2 is 1.90 bits per heavy atom. The molecule has 0 saturated heterocycles. The van der Waals surface area contributed by atoms with Crippen molar-refractivity contribution >= 4 is 21.6 Å². The molecule has 0 fully saturated rings. The van der Waals surface area contributed by atoms with E-state index < -0.39 is 15.9 Å². The minimum Gasteiger partial charge on any atom is -0.366 e. The molecule has 20 heavy (non-hydrogen) atoms. The quantitative estimate of drug-likeness (QED) is 0.862. The van der Waals surface area contributed by atoms with Gasteiger partial charge in [-0.3, -0.25) is 14.2 Å².